The van der Waals surface area contributed by atoms with Crippen LogP contribution in [-0.2, 0) is 17.6 Å². The first-order chi connectivity index (χ1) is 17.8. The molecule has 2 atom stereocenters. The molecular weight excluding hydrogens is 470 g/mol. The summed E-state index contributed by atoms with van der Waals surface area (Å²) in [7, 11) is 3.32. The number of hydrogen-bond donors (Lipinski definition) is 2. The van der Waals surface area contributed by atoms with Crippen LogP contribution in [0.4, 0.5) is 5.69 Å². The second-order valence-corrected chi connectivity index (χ2v) is 10.3. The molecule has 2 N–H and O–H groups in total. The maximum atomic E-state index is 12.0. The molecular formula is C30H47NO6. The van der Waals surface area contributed by atoms with E-state index in [0.717, 1.165) is 50.7 Å². The predicted octanol–water partition coefficient (Wildman–Crippen LogP) is 4.90. The Bertz CT molecular complexity index is 995. The van der Waals surface area contributed by atoms with Crippen LogP contribution in [-0.4, -0.2) is 45.2 Å². The van der Waals surface area contributed by atoms with E-state index < -0.39 is 11.5 Å². The summed E-state index contributed by atoms with van der Waals surface area (Å²) in [5.74, 6) is 2.27. The quantitative estimate of drug-likeness (QED) is 0.191. The van der Waals surface area contributed by atoms with Crippen molar-refractivity contribution in [1.29, 1.82) is 0 Å². The minimum Gasteiger partial charge on any atom is -0.493 e. The van der Waals surface area contributed by atoms with Gasteiger partial charge in [0.05, 0.1) is 25.5 Å². The molecule has 0 amide bonds. The van der Waals surface area contributed by atoms with Gasteiger partial charge in [0.1, 0.15) is 0 Å². The van der Waals surface area contributed by atoms with Gasteiger partial charge in [-0.1, -0.05) is 46.1 Å². The van der Waals surface area contributed by atoms with Crippen LogP contribution in [0.3, 0.4) is 0 Å². The number of hydrogen-bond acceptors (Lipinski definition) is 7. The van der Waals surface area contributed by atoms with Crippen LogP contribution in [0, 0.1) is 11.8 Å². The van der Waals surface area contributed by atoms with E-state index in [1.807, 2.05) is 12.1 Å². The third-order valence-electron chi connectivity index (χ3n) is 7.09. The lowest BCUT2D eigenvalue weighted by atomic mass is 9.85. The van der Waals surface area contributed by atoms with E-state index in [-0.39, 0.29) is 12.0 Å². The van der Waals surface area contributed by atoms with Crippen molar-refractivity contribution in [2.75, 3.05) is 39.3 Å². The molecule has 0 unspecified atom stereocenters. The van der Waals surface area contributed by atoms with Crippen LogP contribution in [0.5, 0.6) is 11.5 Å². The molecule has 0 saturated heterocycles. The highest BCUT2D eigenvalue weighted by Crippen LogP contribution is 2.31. The number of benzene rings is 1. The molecule has 0 saturated carbocycles. The van der Waals surface area contributed by atoms with E-state index in [1.54, 1.807) is 14.2 Å². The van der Waals surface area contributed by atoms with Crippen LogP contribution >= 0.6 is 0 Å². The fraction of sp³-hybridized carbons (Fsp3) is 0.667. The van der Waals surface area contributed by atoms with Crippen molar-refractivity contribution in [2.45, 2.75) is 84.7 Å². The van der Waals surface area contributed by atoms with Gasteiger partial charge in [0.15, 0.2) is 11.5 Å². The number of aliphatic hydroxyl groups excluding tert-OH is 1. The molecule has 2 aromatic carbocycles. The van der Waals surface area contributed by atoms with Crippen LogP contribution < -0.4 is 25.6 Å². The SMILES string of the molecule is CCCCCCc1c(NC[C@H](O)CC[C@H](Cc2ccc(OC)c(OCCCOC)c2)C(C)C)c(=O)c1=O. The summed E-state index contributed by atoms with van der Waals surface area (Å²) >= 11 is 0. The van der Waals surface area contributed by atoms with E-state index in [9.17, 15) is 14.7 Å². The lowest BCUT2D eigenvalue weighted by Gasteiger charge is -2.23. The molecule has 0 aromatic heterocycles. The number of methoxy groups -OCH3 is 2. The molecule has 0 radical (unpaired) electrons. The second-order valence-electron chi connectivity index (χ2n) is 10.3. The largest absolute Gasteiger partial charge is 0.493 e. The van der Waals surface area contributed by atoms with E-state index in [2.05, 4.69) is 32.2 Å². The van der Waals surface area contributed by atoms with Crippen LogP contribution in [0.2, 0.25) is 0 Å². The van der Waals surface area contributed by atoms with Crippen molar-refractivity contribution in [2.24, 2.45) is 11.8 Å². The molecule has 0 heterocycles. The molecule has 0 bridgehead atoms. The predicted molar refractivity (Wildman–Crippen MR) is 150 cm³/mol. The van der Waals surface area contributed by atoms with Crippen LogP contribution in [0.1, 0.15) is 76.8 Å². The molecule has 7 nitrogen and oxygen atoms in total. The van der Waals surface area contributed by atoms with Gasteiger partial charge in [-0.05, 0) is 61.6 Å². The smallest absolute Gasteiger partial charge is 0.249 e. The summed E-state index contributed by atoms with van der Waals surface area (Å²) in [4.78, 5) is 24.0. The molecule has 0 aliphatic carbocycles. The zero-order valence-electron chi connectivity index (χ0n) is 23.4. The number of unbranched alkanes of at least 4 members (excludes halogenated alkanes) is 3. The lowest BCUT2D eigenvalue weighted by molar-refractivity contribution is 0.160. The molecule has 2 rings (SSSR count). The van der Waals surface area contributed by atoms with Gasteiger partial charge in [-0.15, -0.1) is 0 Å². The van der Waals surface area contributed by atoms with Crippen molar-refractivity contribution in [3.05, 3.63) is 49.8 Å². The first-order valence-corrected chi connectivity index (χ1v) is 13.8. The highest BCUT2D eigenvalue weighted by molar-refractivity contribution is 5.56. The van der Waals surface area contributed by atoms with Crippen molar-refractivity contribution >= 4 is 5.69 Å². The number of aliphatic hydroxyl groups is 1. The molecule has 2 aromatic rings. The van der Waals surface area contributed by atoms with E-state index >= 15 is 0 Å². The Morgan fingerprint density at radius 3 is 2.41 bits per heavy atom. The first kappa shape index (κ1) is 30.8. The van der Waals surface area contributed by atoms with Gasteiger partial charge in [-0.2, -0.15) is 0 Å². The van der Waals surface area contributed by atoms with Gasteiger partial charge in [0.2, 0.25) is 10.9 Å². The number of anilines is 1. The number of rotatable bonds is 20. The van der Waals surface area contributed by atoms with Gasteiger partial charge in [-0.3, -0.25) is 9.59 Å². The van der Waals surface area contributed by atoms with Crippen LogP contribution in [0.15, 0.2) is 27.8 Å². The van der Waals surface area contributed by atoms with Crippen LogP contribution in [0.25, 0.3) is 0 Å². The average Bonchev–Trinajstić information content (AvgIpc) is 2.89. The summed E-state index contributed by atoms with van der Waals surface area (Å²) in [6.07, 6.45) is 7.43. The van der Waals surface area contributed by atoms with Crippen molar-refractivity contribution < 1.29 is 19.3 Å². The number of nitrogens with one attached hydrogen (secondary N) is 1. The van der Waals surface area contributed by atoms with Crippen molar-refractivity contribution in [1.82, 2.24) is 0 Å². The zero-order chi connectivity index (χ0) is 27.2. The summed E-state index contributed by atoms with van der Waals surface area (Å²) < 4.78 is 16.5. The van der Waals surface area contributed by atoms with Gasteiger partial charge in [0, 0.05) is 32.2 Å². The molecule has 0 aliphatic rings. The standard InChI is InChI=1S/C30H47NO6/c1-6-7-8-9-11-25-28(30(34)29(25)33)31-20-24(32)14-13-23(21(2)3)18-22-12-15-26(36-5)27(19-22)37-17-10-16-35-4/h12,15,19,21,23-24,31-32H,6-11,13-14,16-18,20H2,1-5H3/t23-,24-/m1/s1. The van der Waals surface area contributed by atoms with Crippen molar-refractivity contribution in [3.63, 3.8) is 0 Å². The Kier molecular flexibility index (Phi) is 13.7. The average molecular weight is 518 g/mol. The summed E-state index contributed by atoms with van der Waals surface area (Å²) in [6.45, 7) is 8.04. The first-order valence-electron chi connectivity index (χ1n) is 13.8. The summed E-state index contributed by atoms with van der Waals surface area (Å²) in [6, 6.07) is 6.07. The molecule has 0 spiro atoms. The highest BCUT2D eigenvalue weighted by atomic mass is 16.5. The molecule has 7 heteroatoms. The Labute approximate surface area is 222 Å². The van der Waals surface area contributed by atoms with Gasteiger partial charge in [-0.25, -0.2) is 0 Å². The van der Waals surface area contributed by atoms with Crippen molar-refractivity contribution in [3.8, 4) is 11.5 Å². The maximum absolute atomic E-state index is 12.0. The molecule has 0 fully saturated rings. The minimum atomic E-state index is -0.589. The Morgan fingerprint density at radius 1 is 0.946 bits per heavy atom. The maximum Gasteiger partial charge on any atom is 0.249 e. The minimum absolute atomic E-state index is 0.277. The van der Waals surface area contributed by atoms with E-state index in [1.165, 1.54) is 5.56 Å². The Balaban J connectivity index is 1.89. The molecule has 37 heavy (non-hydrogen) atoms. The summed E-state index contributed by atoms with van der Waals surface area (Å²) in [5.41, 5.74) is 1.38. The summed E-state index contributed by atoms with van der Waals surface area (Å²) in [5, 5.41) is 13.7. The second kappa shape index (κ2) is 16.5. The normalized spacial score (nSPS) is 13.2. The van der Waals surface area contributed by atoms with Gasteiger partial charge < -0.3 is 24.6 Å². The Morgan fingerprint density at radius 2 is 1.73 bits per heavy atom. The topological polar surface area (TPSA) is 94.1 Å². The highest BCUT2D eigenvalue weighted by Gasteiger charge is 2.22. The monoisotopic (exact) mass is 517 g/mol. The van der Waals surface area contributed by atoms with Gasteiger partial charge >= 0.3 is 0 Å². The van der Waals surface area contributed by atoms with Gasteiger partial charge in [0.25, 0.3) is 0 Å². The molecule has 208 valence electrons. The molecule has 0 aliphatic heterocycles. The van der Waals surface area contributed by atoms with E-state index in [0.29, 0.717) is 54.9 Å². The fourth-order valence-corrected chi connectivity index (χ4v) is 4.64. The van der Waals surface area contributed by atoms with E-state index in [4.69, 9.17) is 14.2 Å². The third-order valence-corrected chi connectivity index (χ3v) is 7.09. The third kappa shape index (κ3) is 9.78. The zero-order valence-corrected chi connectivity index (χ0v) is 23.4. The Hall–Kier alpha value is -2.38. The fourth-order valence-electron chi connectivity index (χ4n) is 4.64. The lowest BCUT2D eigenvalue weighted by Crippen LogP contribution is -2.40. The number of ether oxygens (including phenoxy) is 3.